The van der Waals surface area contributed by atoms with E-state index in [9.17, 15) is 22.0 Å². The van der Waals surface area contributed by atoms with Crippen molar-refractivity contribution in [1.82, 2.24) is 0 Å². The first-order valence-electron chi connectivity index (χ1n) is 9.73. The predicted molar refractivity (Wildman–Crippen MR) is 102 cm³/mol. The first kappa shape index (κ1) is 20.5. The Morgan fingerprint density at radius 3 is 2.13 bits per heavy atom. The van der Waals surface area contributed by atoms with Gasteiger partial charge in [0.25, 0.3) is 0 Å². The maximum Gasteiger partial charge on any atom is 0.159 e. The lowest BCUT2D eigenvalue weighted by molar-refractivity contribution is 0.477. The van der Waals surface area contributed by atoms with E-state index >= 15 is 4.39 Å². The van der Waals surface area contributed by atoms with E-state index in [1.165, 1.54) is 12.1 Å². The average molecular weight is 420 g/mol. The van der Waals surface area contributed by atoms with Gasteiger partial charge in [-0.1, -0.05) is 13.0 Å². The van der Waals surface area contributed by atoms with E-state index in [4.69, 9.17) is 0 Å². The summed E-state index contributed by atoms with van der Waals surface area (Å²) in [6.07, 6.45) is 1.01. The molecule has 1 atom stereocenters. The maximum absolute atomic E-state index is 15.1. The normalized spacial score (nSPS) is 15.9. The van der Waals surface area contributed by atoms with Gasteiger partial charge in [0, 0.05) is 5.56 Å². The largest absolute Gasteiger partial charge is 0.207 e. The SMILES string of the molecule is CCc1cc(F)c(C2CCc3c(cc(F)c(-c4ccc(F)c(F)c4)c3F)C2)c(F)c1. The number of rotatable bonds is 3. The van der Waals surface area contributed by atoms with Crippen LogP contribution >= 0.6 is 0 Å². The first-order chi connectivity index (χ1) is 14.3. The number of hydrogen-bond donors (Lipinski definition) is 0. The summed E-state index contributed by atoms with van der Waals surface area (Å²) in [6.45, 7) is 1.79. The van der Waals surface area contributed by atoms with Gasteiger partial charge in [-0.15, -0.1) is 0 Å². The van der Waals surface area contributed by atoms with Gasteiger partial charge in [0.2, 0.25) is 0 Å². The van der Waals surface area contributed by atoms with Gasteiger partial charge in [-0.05, 0) is 84.2 Å². The molecule has 0 aliphatic heterocycles. The van der Waals surface area contributed by atoms with Crippen molar-refractivity contribution >= 4 is 0 Å². The summed E-state index contributed by atoms with van der Waals surface area (Å²) in [5.74, 6) is -5.95. The molecule has 0 nitrogen and oxygen atoms in total. The molecule has 3 aromatic rings. The van der Waals surface area contributed by atoms with Crippen LogP contribution in [-0.2, 0) is 19.3 Å². The molecule has 3 aromatic carbocycles. The third kappa shape index (κ3) is 3.48. The number of aryl methyl sites for hydroxylation is 1. The van der Waals surface area contributed by atoms with Crippen molar-refractivity contribution in [3.8, 4) is 11.1 Å². The molecule has 0 bridgehead atoms. The van der Waals surface area contributed by atoms with Crippen LogP contribution in [0.1, 0.15) is 41.5 Å². The van der Waals surface area contributed by atoms with Crippen molar-refractivity contribution in [3.63, 3.8) is 0 Å². The summed E-state index contributed by atoms with van der Waals surface area (Å²) < 4.78 is 85.6. The molecule has 4 rings (SSSR count). The van der Waals surface area contributed by atoms with E-state index in [-0.39, 0.29) is 36.0 Å². The van der Waals surface area contributed by atoms with E-state index in [0.717, 1.165) is 24.3 Å². The van der Waals surface area contributed by atoms with Crippen molar-refractivity contribution in [3.05, 3.63) is 93.6 Å². The standard InChI is InChI=1S/C24H18F6/c1-2-12-7-19(27)22(20(28)8-12)13-3-5-16-15(9-13)11-21(29)23(24(16)30)14-4-6-17(25)18(26)10-14/h4,6-8,10-11,13H,2-3,5,9H2,1H3. The van der Waals surface area contributed by atoms with Crippen LogP contribution in [0.3, 0.4) is 0 Å². The number of benzene rings is 3. The highest BCUT2D eigenvalue weighted by Crippen LogP contribution is 2.40. The minimum Gasteiger partial charge on any atom is -0.207 e. The third-order valence-corrected chi connectivity index (χ3v) is 5.78. The Hall–Kier alpha value is -2.76. The molecular formula is C24H18F6. The molecule has 0 N–H and O–H groups in total. The minimum absolute atomic E-state index is 0.0663. The molecule has 0 spiro atoms. The van der Waals surface area contributed by atoms with Crippen molar-refractivity contribution in [2.45, 2.75) is 38.5 Å². The predicted octanol–water partition coefficient (Wildman–Crippen LogP) is 7.02. The molecule has 1 unspecified atom stereocenters. The van der Waals surface area contributed by atoms with Crippen LogP contribution in [0, 0.1) is 34.9 Å². The molecule has 0 heterocycles. The fourth-order valence-corrected chi connectivity index (χ4v) is 4.24. The molecule has 0 amide bonds. The summed E-state index contributed by atoms with van der Waals surface area (Å²) in [4.78, 5) is 0. The van der Waals surface area contributed by atoms with Gasteiger partial charge in [0.15, 0.2) is 11.6 Å². The number of fused-ring (bicyclic) bond motifs is 1. The van der Waals surface area contributed by atoms with E-state index < -0.39 is 46.4 Å². The second-order valence-corrected chi connectivity index (χ2v) is 7.58. The molecule has 0 radical (unpaired) electrons. The highest BCUT2D eigenvalue weighted by atomic mass is 19.2. The zero-order chi connectivity index (χ0) is 21.6. The van der Waals surface area contributed by atoms with Crippen LogP contribution in [0.2, 0.25) is 0 Å². The van der Waals surface area contributed by atoms with Crippen LogP contribution in [0.25, 0.3) is 11.1 Å². The molecule has 0 saturated carbocycles. The Balaban J connectivity index is 1.73. The lowest BCUT2D eigenvalue weighted by Crippen LogP contribution is -2.18. The summed E-state index contributed by atoms with van der Waals surface area (Å²) in [6, 6.07) is 6.37. The van der Waals surface area contributed by atoms with E-state index in [1.54, 1.807) is 6.92 Å². The Labute approximate surface area is 170 Å². The third-order valence-electron chi connectivity index (χ3n) is 5.78. The van der Waals surface area contributed by atoms with Crippen LogP contribution in [0.15, 0.2) is 36.4 Å². The molecule has 30 heavy (non-hydrogen) atoms. The Kier molecular flexibility index (Phi) is 5.35. The fourth-order valence-electron chi connectivity index (χ4n) is 4.24. The molecular weight excluding hydrogens is 402 g/mol. The monoisotopic (exact) mass is 420 g/mol. The summed E-state index contributed by atoms with van der Waals surface area (Å²) >= 11 is 0. The molecule has 6 heteroatoms. The molecule has 1 aliphatic rings. The number of hydrogen-bond acceptors (Lipinski definition) is 0. The molecule has 156 valence electrons. The van der Waals surface area contributed by atoms with Crippen molar-refractivity contribution in [2.24, 2.45) is 0 Å². The summed E-state index contributed by atoms with van der Waals surface area (Å²) in [5.41, 5.74) is 0.489. The summed E-state index contributed by atoms with van der Waals surface area (Å²) in [7, 11) is 0. The van der Waals surface area contributed by atoms with Crippen molar-refractivity contribution < 1.29 is 26.3 Å². The average Bonchev–Trinajstić information content (AvgIpc) is 2.69. The van der Waals surface area contributed by atoms with Gasteiger partial charge < -0.3 is 0 Å². The second kappa shape index (κ2) is 7.82. The van der Waals surface area contributed by atoms with E-state index in [2.05, 4.69) is 0 Å². The van der Waals surface area contributed by atoms with Gasteiger partial charge >= 0.3 is 0 Å². The maximum atomic E-state index is 15.1. The van der Waals surface area contributed by atoms with Crippen LogP contribution in [0.5, 0.6) is 0 Å². The number of halogens is 6. The van der Waals surface area contributed by atoms with Crippen molar-refractivity contribution in [1.29, 1.82) is 0 Å². The lowest BCUT2D eigenvalue weighted by atomic mass is 9.78. The van der Waals surface area contributed by atoms with Crippen molar-refractivity contribution in [2.75, 3.05) is 0 Å². The second-order valence-electron chi connectivity index (χ2n) is 7.58. The Bertz CT molecular complexity index is 1110. The van der Waals surface area contributed by atoms with Crippen LogP contribution in [0.4, 0.5) is 26.3 Å². The quantitative estimate of drug-likeness (QED) is 0.399. The van der Waals surface area contributed by atoms with Gasteiger partial charge in [-0.3, -0.25) is 0 Å². The van der Waals surface area contributed by atoms with Gasteiger partial charge in [-0.2, -0.15) is 0 Å². The summed E-state index contributed by atoms with van der Waals surface area (Å²) in [5, 5.41) is 0. The topological polar surface area (TPSA) is 0 Å². The first-order valence-corrected chi connectivity index (χ1v) is 9.73. The molecule has 0 aromatic heterocycles. The van der Waals surface area contributed by atoms with Gasteiger partial charge in [0.05, 0.1) is 5.56 Å². The lowest BCUT2D eigenvalue weighted by Gasteiger charge is -2.27. The minimum atomic E-state index is -1.20. The Morgan fingerprint density at radius 1 is 0.800 bits per heavy atom. The molecule has 1 aliphatic carbocycles. The van der Waals surface area contributed by atoms with E-state index in [0.29, 0.717) is 17.5 Å². The van der Waals surface area contributed by atoms with Gasteiger partial charge in [-0.25, -0.2) is 26.3 Å². The zero-order valence-corrected chi connectivity index (χ0v) is 16.1. The molecule has 0 fully saturated rings. The zero-order valence-electron chi connectivity index (χ0n) is 16.1. The molecule has 0 saturated heterocycles. The van der Waals surface area contributed by atoms with Gasteiger partial charge in [0.1, 0.15) is 23.3 Å². The van der Waals surface area contributed by atoms with Crippen LogP contribution < -0.4 is 0 Å². The highest BCUT2D eigenvalue weighted by Gasteiger charge is 2.30. The highest BCUT2D eigenvalue weighted by molar-refractivity contribution is 5.67. The smallest absolute Gasteiger partial charge is 0.159 e. The van der Waals surface area contributed by atoms with E-state index in [1.807, 2.05) is 0 Å². The fraction of sp³-hybridized carbons (Fsp3) is 0.250. The van der Waals surface area contributed by atoms with Crippen LogP contribution in [-0.4, -0.2) is 0 Å². The Morgan fingerprint density at radius 2 is 1.50 bits per heavy atom.